The number of carbonyl (C=O) groups is 1. The molecule has 1 fully saturated rings. The van der Waals surface area contributed by atoms with Gasteiger partial charge in [0.2, 0.25) is 0 Å². The van der Waals surface area contributed by atoms with E-state index in [1.807, 2.05) is 6.92 Å². The highest BCUT2D eigenvalue weighted by Gasteiger charge is 2.61. The molecule has 0 aromatic carbocycles. The van der Waals surface area contributed by atoms with Crippen LogP contribution in [0.3, 0.4) is 0 Å². The summed E-state index contributed by atoms with van der Waals surface area (Å²) in [5.74, 6) is -0.156. The minimum absolute atomic E-state index is 0.0987. The summed E-state index contributed by atoms with van der Waals surface area (Å²) in [4.78, 5) is 11.8. The van der Waals surface area contributed by atoms with Crippen LogP contribution in [0.15, 0.2) is 0 Å². The Labute approximate surface area is 92.1 Å². The van der Waals surface area contributed by atoms with Crippen molar-refractivity contribution in [1.29, 1.82) is 0 Å². The number of hydrogen-bond acceptors (Lipinski definition) is 3. The minimum atomic E-state index is -0.594. The lowest BCUT2D eigenvalue weighted by atomic mass is 9.99. The van der Waals surface area contributed by atoms with Crippen molar-refractivity contribution in [1.82, 2.24) is 0 Å². The molecule has 3 nitrogen and oxygen atoms in total. The van der Waals surface area contributed by atoms with Gasteiger partial charge in [0.05, 0.1) is 12.7 Å². The molecule has 0 N–H and O–H groups in total. The summed E-state index contributed by atoms with van der Waals surface area (Å²) in [6.45, 7) is 6.69. The Hall–Kier alpha value is -0.570. The molecule has 0 amide bonds. The zero-order chi connectivity index (χ0) is 11.3. The first-order chi connectivity index (χ1) is 7.21. The Kier molecular flexibility index (Phi) is 4.58. The largest absolute Gasteiger partial charge is 0.463 e. The zero-order valence-corrected chi connectivity index (χ0v) is 10.0. The third-order valence-electron chi connectivity index (χ3n) is 2.97. The predicted molar refractivity (Wildman–Crippen MR) is 58.7 cm³/mol. The second-order valence-electron chi connectivity index (χ2n) is 4.13. The Morgan fingerprint density at radius 1 is 1.33 bits per heavy atom. The zero-order valence-electron chi connectivity index (χ0n) is 10.0. The monoisotopic (exact) mass is 214 g/mol. The van der Waals surface area contributed by atoms with E-state index < -0.39 is 5.60 Å². The molecule has 1 rings (SSSR count). The Bertz CT molecular complexity index is 215. The summed E-state index contributed by atoms with van der Waals surface area (Å²) in [5.41, 5.74) is -0.594. The Morgan fingerprint density at radius 3 is 2.60 bits per heavy atom. The van der Waals surface area contributed by atoms with Crippen molar-refractivity contribution in [2.45, 2.75) is 64.6 Å². The summed E-state index contributed by atoms with van der Waals surface area (Å²) in [7, 11) is 0. The molecule has 0 radical (unpaired) electrons. The van der Waals surface area contributed by atoms with Gasteiger partial charge in [-0.3, -0.25) is 0 Å². The van der Waals surface area contributed by atoms with Gasteiger partial charge in [0.25, 0.3) is 0 Å². The van der Waals surface area contributed by atoms with Crippen molar-refractivity contribution in [3.8, 4) is 0 Å². The van der Waals surface area contributed by atoms with Gasteiger partial charge in [0.1, 0.15) is 0 Å². The van der Waals surface area contributed by atoms with Crippen molar-refractivity contribution >= 4 is 5.97 Å². The Morgan fingerprint density at radius 2 is 2.07 bits per heavy atom. The lowest BCUT2D eigenvalue weighted by Crippen LogP contribution is -2.29. The molecule has 1 aliphatic rings. The van der Waals surface area contributed by atoms with Crippen LogP contribution in [0.1, 0.15) is 52.9 Å². The van der Waals surface area contributed by atoms with Crippen molar-refractivity contribution < 1.29 is 14.3 Å². The molecule has 0 saturated carbocycles. The normalized spacial score (nSPS) is 28.9. The van der Waals surface area contributed by atoms with Crippen molar-refractivity contribution in [2.75, 3.05) is 6.61 Å². The van der Waals surface area contributed by atoms with Gasteiger partial charge in [-0.05, 0) is 19.3 Å². The molecule has 0 aliphatic carbocycles. The lowest BCUT2D eigenvalue weighted by Gasteiger charge is -2.10. The van der Waals surface area contributed by atoms with Crippen LogP contribution in [0.2, 0.25) is 0 Å². The number of carbonyl (C=O) groups excluding carboxylic acids is 1. The van der Waals surface area contributed by atoms with Gasteiger partial charge < -0.3 is 9.47 Å². The molecule has 3 heteroatoms. The van der Waals surface area contributed by atoms with Crippen LogP contribution in [0.4, 0.5) is 0 Å². The standard InChI is InChI=1S/C12H22O3/c1-4-7-9-14-11(13)12(6-3)10(15-12)8-5-2/h10H,4-9H2,1-3H3. The van der Waals surface area contributed by atoms with Crippen molar-refractivity contribution in [3.05, 3.63) is 0 Å². The van der Waals surface area contributed by atoms with E-state index in [0.717, 1.165) is 32.1 Å². The molecular weight excluding hydrogens is 192 g/mol. The molecular formula is C12H22O3. The molecule has 0 bridgehead atoms. The predicted octanol–water partition coefficient (Wildman–Crippen LogP) is 2.68. The molecule has 88 valence electrons. The number of rotatable bonds is 7. The first-order valence-corrected chi connectivity index (χ1v) is 6.06. The number of unbranched alkanes of at least 4 members (excludes halogenated alkanes) is 1. The van der Waals surface area contributed by atoms with Gasteiger partial charge in [0.15, 0.2) is 5.60 Å². The highest BCUT2D eigenvalue weighted by molar-refractivity contribution is 5.83. The third-order valence-corrected chi connectivity index (χ3v) is 2.97. The number of hydrogen-bond donors (Lipinski definition) is 0. The molecule has 2 atom stereocenters. The first-order valence-electron chi connectivity index (χ1n) is 6.06. The maximum Gasteiger partial charge on any atom is 0.341 e. The lowest BCUT2D eigenvalue weighted by molar-refractivity contribution is -0.150. The van der Waals surface area contributed by atoms with Gasteiger partial charge in [0, 0.05) is 0 Å². The van der Waals surface area contributed by atoms with E-state index in [1.165, 1.54) is 0 Å². The van der Waals surface area contributed by atoms with Crippen molar-refractivity contribution in [3.63, 3.8) is 0 Å². The molecule has 0 aromatic rings. The minimum Gasteiger partial charge on any atom is -0.463 e. The van der Waals surface area contributed by atoms with Gasteiger partial charge in [-0.2, -0.15) is 0 Å². The molecule has 1 heterocycles. The quantitative estimate of drug-likeness (QED) is 0.371. The van der Waals surface area contributed by atoms with Crippen LogP contribution in [-0.4, -0.2) is 24.3 Å². The van der Waals surface area contributed by atoms with Gasteiger partial charge >= 0.3 is 5.97 Å². The van der Waals surface area contributed by atoms with Crippen LogP contribution in [-0.2, 0) is 14.3 Å². The highest BCUT2D eigenvalue weighted by atomic mass is 16.7. The maximum absolute atomic E-state index is 11.8. The van der Waals surface area contributed by atoms with E-state index >= 15 is 0 Å². The maximum atomic E-state index is 11.8. The fourth-order valence-corrected chi connectivity index (χ4v) is 1.84. The van der Waals surface area contributed by atoms with Gasteiger partial charge in [-0.25, -0.2) is 4.79 Å². The highest BCUT2D eigenvalue weighted by Crippen LogP contribution is 2.43. The van der Waals surface area contributed by atoms with Crippen LogP contribution in [0.25, 0.3) is 0 Å². The molecule has 0 spiro atoms. The molecule has 1 aliphatic heterocycles. The summed E-state index contributed by atoms with van der Waals surface area (Å²) in [6.07, 6.45) is 4.81. The van der Waals surface area contributed by atoms with Crippen LogP contribution >= 0.6 is 0 Å². The summed E-state index contributed by atoms with van der Waals surface area (Å²) >= 11 is 0. The van der Waals surface area contributed by atoms with E-state index in [2.05, 4.69) is 13.8 Å². The van der Waals surface area contributed by atoms with E-state index in [0.29, 0.717) is 6.61 Å². The van der Waals surface area contributed by atoms with Gasteiger partial charge in [-0.1, -0.05) is 33.6 Å². The average Bonchev–Trinajstić information content (AvgIpc) is 2.94. The molecule has 0 aromatic heterocycles. The number of epoxide rings is 1. The molecule has 15 heavy (non-hydrogen) atoms. The van der Waals surface area contributed by atoms with E-state index in [-0.39, 0.29) is 12.1 Å². The summed E-state index contributed by atoms with van der Waals surface area (Å²) in [6, 6.07) is 0. The third kappa shape index (κ3) is 2.71. The van der Waals surface area contributed by atoms with Gasteiger partial charge in [-0.15, -0.1) is 0 Å². The van der Waals surface area contributed by atoms with Crippen LogP contribution in [0.5, 0.6) is 0 Å². The molecule has 2 unspecified atom stereocenters. The van der Waals surface area contributed by atoms with Crippen LogP contribution < -0.4 is 0 Å². The Balaban J connectivity index is 2.36. The fourth-order valence-electron chi connectivity index (χ4n) is 1.84. The average molecular weight is 214 g/mol. The SMILES string of the molecule is CCCCOC(=O)C1(CC)OC1CCC. The van der Waals surface area contributed by atoms with E-state index in [1.54, 1.807) is 0 Å². The second kappa shape index (κ2) is 5.50. The summed E-state index contributed by atoms with van der Waals surface area (Å²) in [5, 5.41) is 0. The number of esters is 1. The van der Waals surface area contributed by atoms with Crippen molar-refractivity contribution in [2.24, 2.45) is 0 Å². The number of ether oxygens (including phenoxy) is 2. The van der Waals surface area contributed by atoms with Crippen LogP contribution in [0, 0.1) is 0 Å². The topological polar surface area (TPSA) is 38.8 Å². The van der Waals surface area contributed by atoms with E-state index in [4.69, 9.17) is 9.47 Å². The summed E-state index contributed by atoms with van der Waals surface area (Å²) < 4.78 is 10.7. The smallest absolute Gasteiger partial charge is 0.341 e. The van der Waals surface area contributed by atoms with E-state index in [9.17, 15) is 4.79 Å². The fraction of sp³-hybridized carbons (Fsp3) is 0.917. The molecule has 1 saturated heterocycles. The first kappa shape index (κ1) is 12.5. The second-order valence-corrected chi connectivity index (χ2v) is 4.13.